The number of nitrogens with zero attached hydrogens (tertiary/aromatic N) is 1. The SMILES string of the molecule is CCC(C)N(Cl)C(C)CC.[H-].[H-].[Mg+2]. The summed E-state index contributed by atoms with van der Waals surface area (Å²) in [6.07, 6.45) is 2.24. The van der Waals surface area contributed by atoms with Gasteiger partial charge in [-0.25, -0.2) is 4.42 Å². The van der Waals surface area contributed by atoms with Gasteiger partial charge in [-0.3, -0.25) is 0 Å². The predicted octanol–water partition coefficient (Wildman–Crippen LogP) is 2.88. The van der Waals surface area contributed by atoms with E-state index in [2.05, 4.69) is 27.7 Å². The average Bonchev–Trinajstić information content (AvgIpc) is 2.00. The molecular weight excluding hydrogens is 170 g/mol. The standard InChI is InChI=1S/C8H18ClN.Mg.2H/c1-5-7(3)10(9)8(4)6-2;;;/h7-8H,5-6H2,1-4H3;;;/q;+2;2*-1. The topological polar surface area (TPSA) is 3.24 Å². The summed E-state index contributed by atoms with van der Waals surface area (Å²) in [5, 5.41) is 0. The Morgan fingerprint density at radius 2 is 1.45 bits per heavy atom. The molecule has 0 rings (SSSR count). The van der Waals surface area contributed by atoms with E-state index in [4.69, 9.17) is 11.8 Å². The summed E-state index contributed by atoms with van der Waals surface area (Å²) in [6, 6.07) is 0.994. The first-order valence-electron chi connectivity index (χ1n) is 4.07. The van der Waals surface area contributed by atoms with Gasteiger partial charge in [0.25, 0.3) is 0 Å². The zero-order valence-electron chi connectivity index (χ0n) is 10.1. The summed E-state index contributed by atoms with van der Waals surface area (Å²) in [5.74, 6) is 0. The molecule has 11 heavy (non-hydrogen) atoms. The van der Waals surface area contributed by atoms with Crippen molar-refractivity contribution in [2.24, 2.45) is 0 Å². The molecule has 0 amide bonds. The van der Waals surface area contributed by atoms with Gasteiger partial charge in [0.15, 0.2) is 0 Å². The fourth-order valence-electron chi connectivity index (χ4n) is 0.783. The van der Waals surface area contributed by atoms with E-state index in [1.54, 1.807) is 0 Å². The smallest absolute Gasteiger partial charge is 1.00 e. The van der Waals surface area contributed by atoms with Crippen LogP contribution in [0.25, 0.3) is 0 Å². The van der Waals surface area contributed by atoms with E-state index in [1.807, 2.05) is 4.42 Å². The van der Waals surface area contributed by atoms with E-state index in [1.165, 1.54) is 0 Å². The predicted molar refractivity (Wildman–Crippen MR) is 55.2 cm³/mol. The van der Waals surface area contributed by atoms with Crippen LogP contribution in [0.3, 0.4) is 0 Å². The molecule has 0 fully saturated rings. The molecule has 3 heteroatoms. The second-order valence-corrected chi connectivity index (χ2v) is 3.25. The molecule has 0 aromatic heterocycles. The van der Waals surface area contributed by atoms with Crippen LogP contribution in [0, 0.1) is 0 Å². The van der Waals surface area contributed by atoms with Crippen LogP contribution >= 0.6 is 11.8 Å². The van der Waals surface area contributed by atoms with Gasteiger partial charge in [-0.1, -0.05) is 13.8 Å². The van der Waals surface area contributed by atoms with Crippen LogP contribution < -0.4 is 0 Å². The Kier molecular flexibility index (Phi) is 10.1. The van der Waals surface area contributed by atoms with Crippen LogP contribution in [0.4, 0.5) is 0 Å². The zero-order chi connectivity index (χ0) is 8.15. The summed E-state index contributed by atoms with van der Waals surface area (Å²) in [6.45, 7) is 8.61. The largest absolute Gasteiger partial charge is 2.00 e. The first kappa shape index (κ1) is 14.5. The summed E-state index contributed by atoms with van der Waals surface area (Å²) in [4.78, 5) is 0. The first-order valence-corrected chi connectivity index (χ1v) is 4.41. The van der Waals surface area contributed by atoms with Crippen molar-refractivity contribution in [2.45, 2.75) is 52.6 Å². The Bertz CT molecular complexity index is 88.2. The van der Waals surface area contributed by atoms with E-state index in [9.17, 15) is 0 Å². The van der Waals surface area contributed by atoms with Gasteiger partial charge in [0.05, 0.1) is 0 Å². The number of hydrogen-bond donors (Lipinski definition) is 0. The van der Waals surface area contributed by atoms with Crippen LogP contribution in [-0.4, -0.2) is 39.6 Å². The molecule has 0 aliphatic heterocycles. The van der Waals surface area contributed by atoms with Gasteiger partial charge in [-0.05, 0) is 38.5 Å². The van der Waals surface area contributed by atoms with E-state index >= 15 is 0 Å². The van der Waals surface area contributed by atoms with Crippen molar-refractivity contribution in [1.82, 2.24) is 4.42 Å². The Balaban J connectivity index is -0.000000135. The first-order chi connectivity index (χ1) is 4.63. The van der Waals surface area contributed by atoms with Crippen molar-refractivity contribution in [3.05, 3.63) is 0 Å². The molecule has 0 bridgehead atoms. The van der Waals surface area contributed by atoms with Crippen molar-refractivity contribution in [2.75, 3.05) is 0 Å². The molecule has 1 nitrogen and oxygen atoms in total. The van der Waals surface area contributed by atoms with Crippen molar-refractivity contribution in [3.8, 4) is 0 Å². The van der Waals surface area contributed by atoms with Crippen LogP contribution in [0.2, 0.25) is 0 Å². The number of rotatable bonds is 4. The van der Waals surface area contributed by atoms with Gasteiger partial charge < -0.3 is 2.85 Å². The van der Waals surface area contributed by atoms with Gasteiger partial charge in [0.1, 0.15) is 0 Å². The fourth-order valence-corrected chi connectivity index (χ4v) is 1.06. The van der Waals surface area contributed by atoms with Crippen molar-refractivity contribution < 1.29 is 2.85 Å². The van der Waals surface area contributed by atoms with Gasteiger partial charge in [0, 0.05) is 12.1 Å². The van der Waals surface area contributed by atoms with E-state index in [0.717, 1.165) is 12.8 Å². The fraction of sp³-hybridized carbons (Fsp3) is 1.00. The second-order valence-electron chi connectivity index (χ2n) is 2.86. The van der Waals surface area contributed by atoms with E-state index in [-0.39, 0.29) is 25.9 Å². The molecule has 0 aromatic carbocycles. The van der Waals surface area contributed by atoms with E-state index in [0.29, 0.717) is 12.1 Å². The van der Waals surface area contributed by atoms with Crippen molar-refractivity contribution in [3.63, 3.8) is 0 Å². The molecule has 2 unspecified atom stereocenters. The van der Waals surface area contributed by atoms with Crippen LogP contribution in [-0.2, 0) is 0 Å². The molecule has 0 radical (unpaired) electrons. The summed E-state index contributed by atoms with van der Waals surface area (Å²) in [5.41, 5.74) is 0. The normalized spacial score (nSPS) is 15.8. The monoisotopic (exact) mass is 189 g/mol. The number of hydrogen-bond acceptors (Lipinski definition) is 1. The third-order valence-corrected chi connectivity index (χ3v) is 2.69. The molecule has 0 aliphatic carbocycles. The molecule has 0 aromatic rings. The molecular formula is C8H20ClMgN. The van der Waals surface area contributed by atoms with Crippen LogP contribution in [0.15, 0.2) is 0 Å². The molecule has 0 aliphatic rings. The van der Waals surface area contributed by atoms with E-state index < -0.39 is 0 Å². The minimum atomic E-state index is 0. The average molecular weight is 190 g/mol. The van der Waals surface area contributed by atoms with Crippen LogP contribution in [0.5, 0.6) is 0 Å². The minimum Gasteiger partial charge on any atom is -1.00 e. The quantitative estimate of drug-likeness (QED) is 0.486. The Morgan fingerprint density at radius 3 is 1.64 bits per heavy atom. The second kappa shape index (κ2) is 7.65. The maximum atomic E-state index is 6.02. The summed E-state index contributed by atoms with van der Waals surface area (Å²) >= 11 is 6.02. The zero-order valence-corrected chi connectivity index (χ0v) is 10.3. The van der Waals surface area contributed by atoms with Gasteiger partial charge >= 0.3 is 23.1 Å². The van der Waals surface area contributed by atoms with Crippen molar-refractivity contribution >= 4 is 34.8 Å². The Hall–Kier alpha value is 1.02. The van der Waals surface area contributed by atoms with Gasteiger partial charge in [-0.2, -0.15) is 0 Å². The molecule has 2 atom stereocenters. The Labute approximate surface area is 94.7 Å². The molecule has 66 valence electrons. The maximum Gasteiger partial charge on any atom is 2.00 e. The molecule has 0 heterocycles. The molecule has 0 N–H and O–H groups in total. The maximum absolute atomic E-state index is 6.02. The van der Waals surface area contributed by atoms with Crippen molar-refractivity contribution in [1.29, 1.82) is 0 Å². The molecule has 0 saturated carbocycles. The third-order valence-electron chi connectivity index (χ3n) is 2.02. The Morgan fingerprint density at radius 1 is 1.18 bits per heavy atom. The summed E-state index contributed by atoms with van der Waals surface area (Å²) in [7, 11) is 0. The molecule has 0 saturated heterocycles. The van der Waals surface area contributed by atoms with Gasteiger partial charge in [0.2, 0.25) is 0 Å². The summed E-state index contributed by atoms with van der Waals surface area (Å²) < 4.78 is 1.92. The number of halogens is 1. The molecule has 0 spiro atoms. The third kappa shape index (κ3) is 5.29. The van der Waals surface area contributed by atoms with Crippen LogP contribution in [0.1, 0.15) is 43.4 Å². The minimum absolute atomic E-state index is 0. The van der Waals surface area contributed by atoms with Gasteiger partial charge in [-0.15, -0.1) is 0 Å².